The summed E-state index contributed by atoms with van der Waals surface area (Å²) in [7, 11) is 6.14. The summed E-state index contributed by atoms with van der Waals surface area (Å²) in [6.07, 6.45) is 3.46. The first kappa shape index (κ1) is 24.6. The minimum Gasteiger partial charge on any atom is -0.493 e. The van der Waals surface area contributed by atoms with Crippen LogP contribution in [0.5, 0.6) is 17.2 Å². The largest absolute Gasteiger partial charge is 0.493 e. The maximum Gasteiger partial charge on any atom is 0.232 e. The van der Waals surface area contributed by atoms with E-state index in [1.165, 1.54) is 14.0 Å². The maximum absolute atomic E-state index is 13.7. The molecule has 2 aliphatic heterocycles. The Morgan fingerprint density at radius 2 is 1.89 bits per heavy atom. The van der Waals surface area contributed by atoms with Gasteiger partial charge in [0.05, 0.1) is 34.5 Å². The highest BCUT2D eigenvalue weighted by Gasteiger charge is 2.50. The van der Waals surface area contributed by atoms with Crippen LogP contribution in [0.1, 0.15) is 24.5 Å². The van der Waals surface area contributed by atoms with Crippen LogP contribution in [0.3, 0.4) is 0 Å². The number of amides is 1. The van der Waals surface area contributed by atoms with E-state index in [1.54, 1.807) is 50.8 Å². The van der Waals surface area contributed by atoms with Crippen LogP contribution in [0, 0.1) is 0 Å². The fraction of sp³-hybridized carbons (Fsp3) is 0.370. The van der Waals surface area contributed by atoms with Crippen molar-refractivity contribution >= 4 is 23.1 Å². The lowest BCUT2D eigenvalue weighted by molar-refractivity contribution is -0.129. The Morgan fingerprint density at radius 1 is 1.11 bits per heavy atom. The summed E-state index contributed by atoms with van der Waals surface area (Å²) in [6.45, 7) is 1.46. The lowest BCUT2D eigenvalue weighted by Gasteiger charge is -2.40. The number of rotatable bonds is 6. The van der Waals surface area contributed by atoms with Crippen molar-refractivity contribution in [1.82, 2.24) is 10.3 Å². The lowest BCUT2D eigenvalue weighted by atomic mass is 9.85. The predicted octanol–water partition coefficient (Wildman–Crippen LogP) is 2.61. The number of pyridine rings is 1. The van der Waals surface area contributed by atoms with Gasteiger partial charge in [-0.3, -0.25) is 14.4 Å². The molecule has 194 valence electrons. The average Bonchev–Trinajstić information content (AvgIpc) is 3.21. The molecule has 4 aliphatic rings. The second kappa shape index (κ2) is 9.78. The number of nitrogens with zero attached hydrogens (tertiary/aromatic N) is 2. The van der Waals surface area contributed by atoms with Gasteiger partial charge in [-0.05, 0) is 53.8 Å². The molecule has 2 aliphatic carbocycles. The number of carbonyl (C=O) groups excluding carboxylic acids is 2. The SMILES string of the molecule is COC1=C[C@H]2C3=C([C@@H](ON2c2ccccn2)C1=O)[C@@H](NC(C)=O)CCc1cc(OC)c(OC)c(OC)c13. The second-order valence-corrected chi connectivity index (χ2v) is 8.88. The molecule has 3 heterocycles. The standard InChI is InChI=1S/C27H29N3O7/c1-14(31)29-16-10-9-15-12-19(34-3)25(35-4)27(36-5)21(15)23-17-13-18(33-2)24(32)26(22(16)23)37-30(17)20-8-6-7-11-28-20/h6-8,11-13,16-17,26H,9-10H2,1-5H3,(H,29,31)/t16-,17-,26+/m0/s1. The fourth-order valence-corrected chi connectivity index (χ4v) is 5.42. The smallest absolute Gasteiger partial charge is 0.232 e. The molecule has 2 bridgehead atoms. The summed E-state index contributed by atoms with van der Waals surface area (Å²) in [5.74, 6) is 1.57. The van der Waals surface area contributed by atoms with Gasteiger partial charge in [0.15, 0.2) is 29.2 Å². The molecule has 6 rings (SSSR count). The quantitative estimate of drug-likeness (QED) is 0.631. The number of carbonyl (C=O) groups is 2. The molecule has 2 aromatic rings. The molecule has 10 heteroatoms. The highest BCUT2D eigenvalue weighted by Crippen LogP contribution is 2.52. The van der Waals surface area contributed by atoms with Crippen molar-refractivity contribution in [2.45, 2.75) is 38.0 Å². The Kier molecular flexibility index (Phi) is 6.51. The number of aromatic nitrogens is 1. The highest BCUT2D eigenvalue weighted by atomic mass is 16.7. The number of aryl methyl sites for hydroxylation is 1. The predicted molar refractivity (Wildman–Crippen MR) is 134 cm³/mol. The summed E-state index contributed by atoms with van der Waals surface area (Å²) in [4.78, 5) is 36.8. The number of anilines is 1. The van der Waals surface area contributed by atoms with Crippen LogP contribution in [0.15, 0.2) is 47.9 Å². The van der Waals surface area contributed by atoms with Gasteiger partial charge in [-0.15, -0.1) is 0 Å². The number of nitrogens with one attached hydrogen (secondary N) is 1. The van der Waals surface area contributed by atoms with Crippen LogP contribution in [0.25, 0.3) is 5.57 Å². The molecule has 1 N–H and O–H groups in total. The van der Waals surface area contributed by atoms with E-state index in [0.717, 1.165) is 16.7 Å². The van der Waals surface area contributed by atoms with Crippen LogP contribution in [-0.4, -0.2) is 63.3 Å². The van der Waals surface area contributed by atoms with Gasteiger partial charge in [0.25, 0.3) is 0 Å². The summed E-state index contributed by atoms with van der Waals surface area (Å²) >= 11 is 0. The Labute approximate surface area is 214 Å². The normalized spacial score (nSPS) is 22.3. The van der Waals surface area contributed by atoms with E-state index < -0.39 is 18.2 Å². The fourth-order valence-electron chi connectivity index (χ4n) is 5.42. The zero-order valence-electron chi connectivity index (χ0n) is 21.4. The van der Waals surface area contributed by atoms with Gasteiger partial charge in [-0.1, -0.05) is 6.07 Å². The molecule has 3 atom stereocenters. The average molecular weight is 508 g/mol. The molecule has 0 saturated carbocycles. The number of fused-ring (bicyclic) bond motifs is 3. The molecule has 1 aromatic carbocycles. The minimum absolute atomic E-state index is 0.170. The van der Waals surface area contributed by atoms with Crippen LogP contribution < -0.4 is 24.6 Å². The maximum atomic E-state index is 13.7. The third kappa shape index (κ3) is 3.97. The van der Waals surface area contributed by atoms with Crippen LogP contribution in [0.2, 0.25) is 0 Å². The summed E-state index contributed by atoms with van der Waals surface area (Å²) < 4.78 is 22.8. The number of Topliss-reactive ketones (excluding diaryl/α,β-unsaturated/α-hetero) is 1. The number of benzene rings is 1. The van der Waals surface area contributed by atoms with Crippen molar-refractivity contribution in [2.75, 3.05) is 33.5 Å². The number of hydrogen-bond donors (Lipinski definition) is 1. The minimum atomic E-state index is -1.05. The number of hydroxylamine groups is 1. The Bertz CT molecular complexity index is 1300. The van der Waals surface area contributed by atoms with Crippen LogP contribution >= 0.6 is 0 Å². The van der Waals surface area contributed by atoms with Gasteiger partial charge < -0.3 is 24.3 Å². The van der Waals surface area contributed by atoms with Gasteiger partial charge in [0, 0.05) is 18.7 Å². The van der Waals surface area contributed by atoms with E-state index in [4.69, 9.17) is 23.8 Å². The molecule has 1 aromatic heterocycles. The Hall–Kier alpha value is -4.05. The van der Waals surface area contributed by atoms with Crippen molar-refractivity contribution in [3.63, 3.8) is 0 Å². The lowest BCUT2D eigenvalue weighted by Crippen LogP contribution is -2.50. The third-order valence-electron chi connectivity index (χ3n) is 6.88. The van der Waals surface area contributed by atoms with E-state index in [9.17, 15) is 9.59 Å². The molecule has 0 fully saturated rings. The monoisotopic (exact) mass is 507 g/mol. The van der Waals surface area contributed by atoms with Gasteiger partial charge in [-0.2, -0.15) is 0 Å². The van der Waals surface area contributed by atoms with E-state index >= 15 is 0 Å². The summed E-state index contributed by atoms with van der Waals surface area (Å²) in [6, 6.07) is 6.29. The van der Waals surface area contributed by atoms with Crippen LogP contribution in [0.4, 0.5) is 5.82 Å². The number of ether oxygens (including phenoxy) is 4. The highest BCUT2D eigenvalue weighted by molar-refractivity contribution is 6.05. The van der Waals surface area contributed by atoms with Gasteiger partial charge >= 0.3 is 0 Å². The van der Waals surface area contributed by atoms with Gasteiger partial charge in [0.2, 0.25) is 17.4 Å². The second-order valence-electron chi connectivity index (χ2n) is 8.88. The molecule has 0 radical (unpaired) electrons. The summed E-state index contributed by atoms with van der Waals surface area (Å²) in [5, 5.41) is 4.66. The number of hydrogen-bond acceptors (Lipinski definition) is 9. The Morgan fingerprint density at radius 3 is 2.51 bits per heavy atom. The summed E-state index contributed by atoms with van der Waals surface area (Å²) in [5.41, 5.74) is 3.13. The van der Waals surface area contributed by atoms with E-state index in [2.05, 4.69) is 10.3 Å². The molecule has 37 heavy (non-hydrogen) atoms. The van der Waals surface area contributed by atoms with Crippen LogP contribution in [-0.2, 0) is 25.6 Å². The molecule has 0 spiro atoms. The topological polar surface area (TPSA) is 108 Å². The van der Waals surface area contributed by atoms with Crippen molar-refractivity contribution in [3.8, 4) is 17.2 Å². The zero-order valence-corrected chi connectivity index (χ0v) is 21.4. The first-order valence-electron chi connectivity index (χ1n) is 11.9. The molecule has 0 saturated heterocycles. The van der Waals surface area contributed by atoms with Gasteiger partial charge in [-0.25, -0.2) is 10.0 Å². The Balaban J connectivity index is 1.86. The molecular weight excluding hydrogens is 478 g/mol. The molecular formula is C27H29N3O7. The molecule has 10 nitrogen and oxygen atoms in total. The van der Waals surface area contributed by atoms with Crippen molar-refractivity contribution < 1.29 is 33.4 Å². The van der Waals surface area contributed by atoms with E-state index in [0.29, 0.717) is 41.5 Å². The number of ketones is 1. The van der Waals surface area contributed by atoms with Crippen molar-refractivity contribution in [1.29, 1.82) is 0 Å². The molecule has 0 unspecified atom stereocenters. The van der Waals surface area contributed by atoms with Crippen molar-refractivity contribution in [2.24, 2.45) is 0 Å². The third-order valence-corrected chi connectivity index (χ3v) is 6.88. The first-order valence-corrected chi connectivity index (χ1v) is 11.9. The van der Waals surface area contributed by atoms with E-state index in [-0.39, 0.29) is 17.4 Å². The molecule has 1 amide bonds. The van der Waals surface area contributed by atoms with E-state index in [1.807, 2.05) is 12.1 Å². The van der Waals surface area contributed by atoms with Gasteiger partial charge in [0.1, 0.15) is 6.04 Å². The van der Waals surface area contributed by atoms with Crippen molar-refractivity contribution in [3.05, 3.63) is 59.0 Å². The first-order chi connectivity index (χ1) is 17.9. The zero-order chi connectivity index (χ0) is 26.3. The number of methoxy groups -OCH3 is 4.